The highest BCUT2D eigenvalue weighted by Gasteiger charge is 2.23. The molecule has 1 amide bonds. The molecule has 2 N–H and O–H groups in total. The largest absolute Gasteiger partial charge is 0.393 e. The van der Waals surface area contributed by atoms with E-state index >= 15 is 0 Å². The number of hydrogen-bond donors (Lipinski definition) is 2. The van der Waals surface area contributed by atoms with Gasteiger partial charge in [0, 0.05) is 18.9 Å². The fraction of sp³-hybridized carbons (Fsp3) is 0.562. The maximum Gasteiger partial charge on any atom is 0.220 e. The summed E-state index contributed by atoms with van der Waals surface area (Å²) in [4.78, 5) is 11.9. The highest BCUT2D eigenvalue weighted by molar-refractivity contribution is 6.42. The number of halogens is 2. The summed E-state index contributed by atoms with van der Waals surface area (Å²) < 4.78 is 0. The van der Waals surface area contributed by atoms with Crippen LogP contribution in [0.25, 0.3) is 0 Å². The fourth-order valence-corrected chi connectivity index (χ4v) is 3.16. The van der Waals surface area contributed by atoms with Crippen LogP contribution in [0.15, 0.2) is 18.2 Å². The highest BCUT2D eigenvalue weighted by Crippen LogP contribution is 2.26. The lowest BCUT2D eigenvalue weighted by Crippen LogP contribution is -2.36. The Morgan fingerprint density at radius 1 is 1.29 bits per heavy atom. The third-order valence-electron chi connectivity index (χ3n) is 4.08. The molecule has 5 heteroatoms. The van der Waals surface area contributed by atoms with E-state index in [9.17, 15) is 9.90 Å². The van der Waals surface area contributed by atoms with Crippen LogP contribution in [0, 0.1) is 5.92 Å². The second kappa shape index (κ2) is 8.02. The van der Waals surface area contributed by atoms with Gasteiger partial charge in [0.1, 0.15) is 0 Å². The topological polar surface area (TPSA) is 49.3 Å². The first-order chi connectivity index (χ1) is 10.1. The number of benzene rings is 1. The summed E-state index contributed by atoms with van der Waals surface area (Å²) in [6.07, 6.45) is 4.72. The Morgan fingerprint density at radius 3 is 2.81 bits per heavy atom. The van der Waals surface area contributed by atoms with Gasteiger partial charge in [-0.1, -0.05) is 48.2 Å². The quantitative estimate of drug-likeness (QED) is 0.867. The Morgan fingerprint density at radius 2 is 2.05 bits per heavy atom. The van der Waals surface area contributed by atoms with Gasteiger partial charge < -0.3 is 10.4 Å². The molecular weight excluding hydrogens is 309 g/mol. The zero-order chi connectivity index (χ0) is 15.2. The minimum absolute atomic E-state index is 0.0104. The Bertz CT molecular complexity index is 493. The number of carbonyl (C=O) groups is 1. The van der Waals surface area contributed by atoms with E-state index in [2.05, 4.69) is 5.32 Å². The number of rotatable bonds is 5. The second-order valence-corrected chi connectivity index (χ2v) is 6.41. The number of amides is 1. The molecule has 0 spiro atoms. The maximum atomic E-state index is 11.9. The number of aliphatic hydroxyl groups excluding tert-OH is 1. The molecule has 1 aliphatic carbocycles. The molecule has 1 aromatic carbocycles. The van der Waals surface area contributed by atoms with Crippen molar-refractivity contribution in [3.8, 4) is 0 Å². The van der Waals surface area contributed by atoms with E-state index in [4.69, 9.17) is 23.2 Å². The lowest BCUT2D eigenvalue weighted by Gasteiger charge is -2.27. The fourth-order valence-electron chi connectivity index (χ4n) is 2.75. The standard InChI is InChI=1S/C16H21Cl2NO2/c17-13-6-3-5-11(16(13)18)8-9-15(21)19-10-12-4-1-2-7-14(12)20/h3,5-6,12,14,20H,1-2,4,7-10H2,(H,19,21)/t12-,14-/m0/s1. The summed E-state index contributed by atoms with van der Waals surface area (Å²) in [5.74, 6) is 0.182. The molecule has 1 fully saturated rings. The van der Waals surface area contributed by atoms with Crippen molar-refractivity contribution < 1.29 is 9.90 Å². The van der Waals surface area contributed by atoms with Crippen LogP contribution in [0.1, 0.15) is 37.7 Å². The molecule has 1 aliphatic rings. The van der Waals surface area contributed by atoms with E-state index in [1.54, 1.807) is 6.07 Å². The van der Waals surface area contributed by atoms with Gasteiger partial charge in [0.05, 0.1) is 16.1 Å². The van der Waals surface area contributed by atoms with Crippen molar-refractivity contribution in [1.82, 2.24) is 5.32 Å². The molecule has 3 nitrogen and oxygen atoms in total. The molecular formula is C16H21Cl2NO2. The summed E-state index contributed by atoms with van der Waals surface area (Å²) in [6, 6.07) is 5.45. The average molecular weight is 330 g/mol. The van der Waals surface area contributed by atoms with Crippen molar-refractivity contribution >= 4 is 29.1 Å². The van der Waals surface area contributed by atoms with Gasteiger partial charge in [-0.05, 0) is 30.9 Å². The third kappa shape index (κ3) is 4.87. The summed E-state index contributed by atoms with van der Waals surface area (Å²) in [7, 11) is 0. The minimum atomic E-state index is -0.276. The summed E-state index contributed by atoms with van der Waals surface area (Å²) in [5, 5.41) is 13.8. The van der Waals surface area contributed by atoms with Gasteiger partial charge in [0.15, 0.2) is 0 Å². The molecule has 1 saturated carbocycles. The van der Waals surface area contributed by atoms with Crippen molar-refractivity contribution in [1.29, 1.82) is 0 Å². The van der Waals surface area contributed by atoms with Gasteiger partial charge in [-0.15, -0.1) is 0 Å². The van der Waals surface area contributed by atoms with E-state index in [0.717, 1.165) is 31.2 Å². The zero-order valence-corrected chi connectivity index (χ0v) is 13.5. The number of nitrogens with one attached hydrogen (secondary N) is 1. The average Bonchev–Trinajstić information content (AvgIpc) is 2.48. The van der Waals surface area contributed by atoms with E-state index in [-0.39, 0.29) is 17.9 Å². The van der Waals surface area contributed by atoms with Crippen LogP contribution in [-0.2, 0) is 11.2 Å². The third-order valence-corrected chi connectivity index (χ3v) is 4.94. The molecule has 0 bridgehead atoms. The normalized spacial score (nSPS) is 22.0. The van der Waals surface area contributed by atoms with Crippen molar-refractivity contribution in [2.24, 2.45) is 5.92 Å². The molecule has 0 saturated heterocycles. The Kier molecular flexibility index (Phi) is 6.34. The monoisotopic (exact) mass is 329 g/mol. The van der Waals surface area contributed by atoms with Crippen LogP contribution in [0.2, 0.25) is 10.0 Å². The predicted octanol–water partition coefficient (Wildman–Crippen LogP) is 3.59. The van der Waals surface area contributed by atoms with E-state index < -0.39 is 0 Å². The summed E-state index contributed by atoms with van der Waals surface area (Å²) in [6.45, 7) is 0.559. The zero-order valence-electron chi connectivity index (χ0n) is 11.9. The van der Waals surface area contributed by atoms with Crippen LogP contribution >= 0.6 is 23.2 Å². The van der Waals surface area contributed by atoms with E-state index in [1.807, 2.05) is 12.1 Å². The maximum absolute atomic E-state index is 11.9. The molecule has 0 aliphatic heterocycles. The van der Waals surface area contributed by atoms with Gasteiger partial charge in [0.2, 0.25) is 5.91 Å². The molecule has 0 aromatic heterocycles. The number of aryl methyl sites for hydroxylation is 1. The first-order valence-corrected chi connectivity index (χ1v) is 8.21. The van der Waals surface area contributed by atoms with E-state index in [1.165, 1.54) is 0 Å². The Hall–Kier alpha value is -0.770. The molecule has 2 rings (SSSR count). The second-order valence-electron chi connectivity index (χ2n) is 5.63. The molecule has 116 valence electrons. The molecule has 2 atom stereocenters. The van der Waals surface area contributed by atoms with Crippen molar-refractivity contribution in [3.63, 3.8) is 0 Å². The van der Waals surface area contributed by atoms with Crippen molar-refractivity contribution in [3.05, 3.63) is 33.8 Å². The summed E-state index contributed by atoms with van der Waals surface area (Å²) in [5.41, 5.74) is 0.886. The van der Waals surface area contributed by atoms with Gasteiger partial charge >= 0.3 is 0 Å². The lowest BCUT2D eigenvalue weighted by molar-refractivity contribution is -0.121. The minimum Gasteiger partial charge on any atom is -0.393 e. The van der Waals surface area contributed by atoms with Crippen LogP contribution in [-0.4, -0.2) is 23.7 Å². The highest BCUT2D eigenvalue weighted by atomic mass is 35.5. The predicted molar refractivity (Wildman–Crippen MR) is 85.8 cm³/mol. The smallest absolute Gasteiger partial charge is 0.220 e. The van der Waals surface area contributed by atoms with Gasteiger partial charge in [-0.25, -0.2) is 0 Å². The van der Waals surface area contributed by atoms with E-state index in [0.29, 0.717) is 29.4 Å². The van der Waals surface area contributed by atoms with Crippen LogP contribution < -0.4 is 5.32 Å². The Labute approximate surface area is 135 Å². The van der Waals surface area contributed by atoms with Gasteiger partial charge in [0.25, 0.3) is 0 Å². The number of hydrogen-bond acceptors (Lipinski definition) is 2. The molecule has 0 radical (unpaired) electrons. The number of carbonyl (C=O) groups excluding carboxylic acids is 1. The SMILES string of the molecule is O=C(CCc1cccc(Cl)c1Cl)NC[C@@H]1CCCC[C@@H]1O. The molecule has 1 aromatic rings. The lowest BCUT2D eigenvalue weighted by atomic mass is 9.86. The molecule has 0 unspecified atom stereocenters. The first kappa shape index (κ1) is 16.6. The van der Waals surface area contributed by atoms with Crippen LogP contribution in [0.5, 0.6) is 0 Å². The Balaban J connectivity index is 1.76. The van der Waals surface area contributed by atoms with Crippen LogP contribution in [0.4, 0.5) is 0 Å². The van der Waals surface area contributed by atoms with Crippen molar-refractivity contribution in [2.45, 2.75) is 44.6 Å². The van der Waals surface area contributed by atoms with Crippen molar-refractivity contribution in [2.75, 3.05) is 6.54 Å². The molecule has 21 heavy (non-hydrogen) atoms. The van der Waals surface area contributed by atoms with Gasteiger partial charge in [-0.2, -0.15) is 0 Å². The summed E-state index contributed by atoms with van der Waals surface area (Å²) >= 11 is 12.0. The first-order valence-electron chi connectivity index (χ1n) is 7.45. The van der Waals surface area contributed by atoms with Crippen LogP contribution in [0.3, 0.4) is 0 Å². The molecule has 0 heterocycles. The number of aliphatic hydroxyl groups is 1. The van der Waals surface area contributed by atoms with Gasteiger partial charge in [-0.3, -0.25) is 4.79 Å².